The van der Waals surface area contributed by atoms with Crippen molar-refractivity contribution in [1.29, 1.82) is 0 Å². The first-order valence-corrected chi connectivity index (χ1v) is 7.16. The third-order valence-electron chi connectivity index (χ3n) is 3.42. The summed E-state index contributed by atoms with van der Waals surface area (Å²) in [6, 6.07) is 7.50. The Morgan fingerprint density at radius 3 is 2.73 bits per heavy atom. The summed E-state index contributed by atoms with van der Waals surface area (Å²) in [5.41, 5.74) is 2.85. The van der Waals surface area contributed by atoms with Crippen molar-refractivity contribution in [1.82, 2.24) is 15.1 Å². The van der Waals surface area contributed by atoms with Crippen molar-refractivity contribution in [2.75, 3.05) is 11.9 Å². The molecule has 0 unspecified atom stereocenters. The summed E-state index contributed by atoms with van der Waals surface area (Å²) in [7, 11) is 0. The highest BCUT2D eigenvalue weighted by Gasteiger charge is 2.10. The van der Waals surface area contributed by atoms with Crippen LogP contribution >= 0.6 is 0 Å². The molecule has 1 aromatic heterocycles. The van der Waals surface area contributed by atoms with Crippen LogP contribution < -0.4 is 10.6 Å². The van der Waals surface area contributed by atoms with Gasteiger partial charge in [-0.25, -0.2) is 0 Å². The van der Waals surface area contributed by atoms with E-state index in [9.17, 15) is 9.59 Å². The normalized spacial score (nSPS) is 10.3. The van der Waals surface area contributed by atoms with Crippen molar-refractivity contribution in [3.05, 3.63) is 47.8 Å². The summed E-state index contributed by atoms with van der Waals surface area (Å²) in [5, 5.41) is 9.51. The minimum atomic E-state index is -0.315. The Hall–Kier alpha value is -2.63. The Bertz CT molecular complexity index is 650. The zero-order chi connectivity index (χ0) is 15.9. The summed E-state index contributed by atoms with van der Waals surface area (Å²) in [6.07, 6.45) is 3.31. The average Bonchev–Trinajstić information content (AvgIpc) is 2.97. The molecular weight excluding hydrogens is 280 g/mol. The maximum Gasteiger partial charge on any atom is 0.233 e. The van der Waals surface area contributed by atoms with Gasteiger partial charge in [0, 0.05) is 24.6 Å². The predicted octanol–water partition coefficient (Wildman–Crippen LogP) is 1.64. The van der Waals surface area contributed by atoms with Gasteiger partial charge in [0.2, 0.25) is 11.8 Å². The first-order valence-electron chi connectivity index (χ1n) is 7.16. The first kappa shape index (κ1) is 15.8. The molecule has 0 aliphatic rings. The Balaban J connectivity index is 1.76. The molecule has 0 fully saturated rings. The number of carbonyl (C=O) groups is 2. The summed E-state index contributed by atoms with van der Waals surface area (Å²) in [4.78, 5) is 23.6. The molecule has 6 nitrogen and oxygen atoms in total. The molecule has 0 saturated heterocycles. The van der Waals surface area contributed by atoms with Gasteiger partial charge in [0.25, 0.3) is 0 Å². The molecule has 2 rings (SSSR count). The second-order valence-corrected chi connectivity index (χ2v) is 5.09. The van der Waals surface area contributed by atoms with E-state index in [1.807, 2.05) is 44.3 Å². The molecule has 0 aliphatic carbocycles. The van der Waals surface area contributed by atoms with Gasteiger partial charge in [0.15, 0.2) is 0 Å². The van der Waals surface area contributed by atoms with Crippen LogP contribution in [0.2, 0.25) is 0 Å². The van der Waals surface area contributed by atoms with E-state index in [0.29, 0.717) is 13.1 Å². The van der Waals surface area contributed by atoms with E-state index in [4.69, 9.17) is 0 Å². The molecule has 6 heteroatoms. The molecule has 0 spiro atoms. The van der Waals surface area contributed by atoms with Crippen LogP contribution in [-0.4, -0.2) is 28.1 Å². The van der Waals surface area contributed by atoms with Gasteiger partial charge in [-0.2, -0.15) is 5.10 Å². The Labute approximate surface area is 129 Å². The number of hydrogen-bond donors (Lipinski definition) is 2. The lowest BCUT2D eigenvalue weighted by Crippen LogP contribution is -2.30. The number of carbonyl (C=O) groups excluding carboxylic acids is 2. The number of amides is 2. The van der Waals surface area contributed by atoms with Crippen molar-refractivity contribution in [3.63, 3.8) is 0 Å². The molecule has 116 valence electrons. The molecular formula is C16H20N4O2. The Morgan fingerprint density at radius 1 is 1.18 bits per heavy atom. The predicted molar refractivity (Wildman–Crippen MR) is 84.4 cm³/mol. The van der Waals surface area contributed by atoms with Gasteiger partial charge >= 0.3 is 0 Å². The van der Waals surface area contributed by atoms with Crippen molar-refractivity contribution >= 4 is 17.5 Å². The third-order valence-corrected chi connectivity index (χ3v) is 3.42. The quantitative estimate of drug-likeness (QED) is 0.796. The van der Waals surface area contributed by atoms with Gasteiger partial charge in [-0.3, -0.25) is 14.3 Å². The van der Waals surface area contributed by atoms with Crippen LogP contribution in [0.3, 0.4) is 0 Å². The maximum atomic E-state index is 11.9. The fourth-order valence-corrected chi connectivity index (χ4v) is 2.03. The molecule has 0 atom stereocenters. The minimum Gasteiger partial charge on any atom is -0.354 e. The third kappa shape index (κ3) is 4.44. The summed E-state index contributed by atoms with van der Waals surface area (Å²) >= 11 is 0. The SMILES string of the molecule is Cc1cccc(NC(=O)CC(=O)NCCn2cccn2)c1C. The highest BCUT2D eigenvalue weighted by atomic mass is 16.2. The van der Waals surface area contributed by atoms with Crippen molar-refractivity contribution in [2.24, 2.45) is 0 Å². The van der Waals surface area contributed by atoms with Gasteiger partial charge < -0.3 is 10.6 Å². The number of nitrogens with one attached hydrogen (secondary N) is 2. The molecule has 2 aromatic rings. The molecule has 22 heavy (non-hydrogen) atoms. The zero-order valence-electron chi connectivity index (χ0n) is 12.8. The summed E-state index contributed by atoms with van der Waals surface area (Å²) in [6.45, 7) is 4.94. The second kappa shape index (κ2) is 7.40. The van der Waals surface area contributed by atoms with E-state index < -0.39 is 0 Å². The molecule has 0 bridgehead atoms. The van der Waals surface area contributed by atoms with E-state index >= 15 is 0 Å². The largest absolute Gasteiger partial charge is 0.354 e. The van der Waals surface area contributed by atoms with Gasteiger partial charge in [-0.15, -0.1) is 0 Å². The number of hydrogen-bond acceptors (Lipinski definition) is 3. The first-order chi connectivity index (χ1) is 10.6. The van der Waals surface area contributed by atoms with Crippen molar-refractivity contribution in [2.45, 2.75) is 26.8 Å². The molecule has 2 N–H and O–H groups in total. The van der Waals surface area contributed by atoms with E-state index in [1.165, 1.54) is 0 Å². The average molecular weight is 300 g/mol. The van der Waals surface area contributed by atoms with Gasteiger partial charge in [-0.05, 0) is 37.1 Å². The second-order valence-electron chi connectivity index (χ2n) is 5.09. The topological polar surface area (TPSA) is 76.0 Å². The minimum absolute atomic E-state index is 0.188. The number of anilines is 1. The lowest BCUT2D eigenvalue weighted by Gasteiger charge is -2.10. The van der Waals surface area contributed by atoms with Crippen LogP contribution in [0.15, 0.2) is 36.7 Å². The Morgan fingerprint density at radius 2 is 2.00 bits per heavy atom. The lowest BCUT2D eigenvalue weighted by molar-refractivity contribution is -0.126. The van der Waals surface area contributed by atoms with Gasteiger partial charge in [0.05, 0.1) is 6.54 Å². The van der Waals surface area contributed by atoms with E-state index in [1.54, 1.807) is 10.9 Å². The van der Waals surface area contributed by atoms with Crippen LogP contribution in [-0.2, 0) is 16.1 Å². The standard InChI is InChI=1S/C16H20N4O2/c1-12-5-3-6-14(13(12)2)19-16(22)11-15(21)17-8-10-20-9-4-7-18-20/h3-7,9H,8,10-11H2,1-2H3,(H,17,21)(H,19,22). The smallest absolute Gasteiger partial charge is 0.233 e. The van der Waals surface area contributed by atoms with Crippen LogP contribution in [0.4, 0.5) is 5.69 Å². The van der Waals surface area contributed by atoms with Crippen LogP contribution in [0.25, 0.3) is 0 Å². The molecule has 0 aliphatic heterocycles. The summed E-state index contributed by atoms with van der Waals surface area (Å²) in [5.74, 6) is -0.611. The highest BCUT2D eigenvalue weighted by Crippen LogP contribution is 2.17. The van der Waals surface area contributed by atoms with Crippen molar-refractivity contribution in [3.8, 4) is 0 Å². The van der Waals surface area contributed by atoms with Crippen LogP contribution in [0, 0.1) is 13.8 Å². The molecule has 1 aromatic carbocycles. The highest BCUT2D eigenvalue weighted by molar-refractivity contribution is 6.03. The monoisotopic (exact) mass is 300 g/mol. The van der Waals surface area contributed by atoms with Crippen LogP contribution in [0.5, 0.6) is 0 Å². The van der Waals surface area contributed by atoms with Crippen LogP contribution in [0.1, 0.15) is 17.5 Å². The number of aromatic nitrogens is 2. The number of aryl methyl sites for hydroxylation is 1. The number of benzene rings is 1. The lowest BCUT2D eigenvalue weighted by atomic mass is 10.1. The fourth-order valence-electron chi connectivity index (χ4n) is 2.03. The molecule has 2 amide bonds. The molecule has 0 radical (unpaired) electrons. The number of nitrogens with zero attached hydrogens (tertiary/aromatic N) is 2. The maximum absolute atomic E-state index is 11.9. The van der Waals surface area contributed by atoms with E-state index in [0.717, 1.165) is 16.8 Å². The zero-order valence-corrected chi connectivity index (χ0v) is 12.8. The van der Waals surface area contributed by atoms with Gasteiger partial charge in [-0.1, -0.05) is 12.1 Å². The van der Waals surface area contributed by atoms with Gasteiger partial charge in [0.1, 0.15) is 6.42 Å². The van der Waals surface area contributed by atoms with Crippen molar-refractivity contribution < 1.29 is 9.59 Å². The molecule has 1 heterocycles. The molecule has 0 saturated carbocycles. The number of rotatable bonds is 6. The van der Waals surface area contributed by atoms with E-state index in [-0.39, 0.29) is 18.2 Å². The fraction of sp³-hybridized carbons (Fsp3) is 0.312. The Kier molecular flexibility index (Phi) is 5.30. The van der Waals surface area contributed by atoms with E-state index in [2.05, 4.69) is 15.7 Å². The summed E-state index contributed by atoms with van der Waals surface area (Å²) < 4.78 is 1.72.